The van der Waals surface area contributed by atoms with Gasteiger partial charge in [-0.3, -0.25) is 9.59 Å². The van der Waals surface area contributed by atoms with Crippen LogP contribution in [0.25, 0.3) is 0 Å². The summed E-state index contributed by atoms with van der Waals surface area (Å²) in [5.74, 6) is 0.255. The van der Waals surface area contributed by atoms with Crippen LogP contribution in [-0.4, -0.2) is 44.6 Å². The first-order valence-electron chi connectivity index (χ1n) is 10.2. The quantitative estimate of drug-likeness (QED) is 0.718. The first-order chi connectivity index (χ1) is 14.8. The van der Waals surface area contributed by atoms with Crippen molar-refractivity contribution in [3.05, 3.63) is 54.1 Å². The SMILES string of the molecule is CN1CCC/C1=N\S(=O)(=O)c1ccc(NC(=O)c2cccc(NC(=O)C3CC3)c2)cc1. The summed E-state index contributed by atoms with van der Waals surface area (Å²) in [5, 5.41) is 5.56. The van der Waals surface area contributed by atoms with E-state index in [0.29, 0.717) is 29.2 Å². The molecule has 0 spiro atoms. The molecule has 31 heavy (non-hydrogen) atoms. The number of benzene rings is 2. The van der Waals surface area contributed by atoms with E-state index in [1.165, 1.54) is 24.3 Å². The molecule has 2 aromatic carbocycles. The van der Waals surface area contributed by atoms with Crippen LogP contribution in [0.1, 0.15) is 36.0 Å². The lowest BCUT2D eigenvalue weighted by Gasteiger charge is -2.11. The van der Waals surface area contributed by atoms with Crippen LogP contribution in [0.2, 0.25) is 0 Å². The third-order valence-corrected chi connectivity index (χ3v) is 6.63. The fourth-order valence-electron chi connectivity index (χ4n) is 3.34. The van der Waals surface area contributed by atoms with Crippen molar-refractivity contribution < 1.29 is 18.0 Å². The topological polar surface area (TPSA) is 108 Å². The van der Waals surface area contributed by atoms with Crippen molar-refractivity contribution in [2.24, 2.45) is 10.3 Å². The van der Waals surface area contributed by atoms with Crippen molar-refractivity contribution in [3.63, 3.8) is 0 Å². The number of hydrogen-bond donors (Lipinski definition) is 2. The maximum atomic E-state index is 12.6. The maximum absolute atomic E-state index is 12.6. The highest BCUT2D eigenvalue weighted by molar-refractivity contribution is 7.90. The summed E-state index contributed by atoms with van der Waals surface area (Å²) in [7, 11) is -1.97. The van der Waals surface area contributed by atoms with E-state index >= 15 is 0 Å². The van der Waals surface area contributed by atoms with Gasteiger partial charge in [0.2, 0.25) is 5.91 Å². The van der Waals surface area contributed by atoms with Crippen LogP contribution in [0.4, 0.5) is 11.4 Å². The Bertz CT molecular complexity index is 1140. The third kappa shape index (κ3) is 5.11. The van der Waals surface area contributed by atoms with Gasteiger partial charge < -0.3 is 15.5 Å². The minimum Gasteiger partial charge on any atom is -0.362 e. The van der Waals surface area contributed by atoms with Gasteiger partial charge in [-0.1, -0.05) is 6.07 Å². The van der Waals surface area contributed by atoms with Gasteiger partial charge >= 0.3 is 0 Å². The molecule has 0 aromatic heterocycles. The van der Waals surface area contributed by atoms with Crippen molar-refractivity contribution in [1.29, 1.82) is 0 Å². The van der Waals surface area contributed by atoms with Gasteiger partial charge in [0.1, 0.15) is 5.84 Å². The lowest BCUT2D eigenvalue weighted by atomic mass is 10.1. The monoisotopic (exact) mass is 440 g/mol. The van der Waals surface area contributed by atoms with Gasteiger partial charge in [-0.05, 0) is 61.7 Å². The number of sulfonamides is 1. The molecule has 0 atom stereocenters. The first kappa shape index (κ1) is 21.0. The molecule has 2 fully saturated rings. The van der Waals surface area contributed by atoms with Gasteiger partial charge in [-0.2, -0.15) is 8.42 Å². The van der Waals surface area contributed by atoms with Crippen molar-refractivity contribution in [1.82, 2.24) is 4.90 Å². The van der Waals surface area contributed by atoms with Crippen molar-refractivity contribution in [3.8, 4) is 0 Å². The molecule has 1 saturated heterocycles. The van der Waals surface area contributed by atoms with E-state index in [1.54, 1.807) is 24.3 Å². The summed E-state index contributed by atoms with van der Waals surface area (Å²) < 4.78 is 29.0. The van der Waals surface area contributed by atoms with E-state index in [4.69, 9.17) is 0 Å². The fourth-order valence-corrected chi connectivity index (χ4v) is 4.44. The van der Waals surface area contributed by atoms with E-state index in [1.807, 2.05) is 11.9 Å². The van der Waals surface area contributed by atoms with Crippen LogP contribution < -0.4 is 10.6 Å². The summed E-state index contributed by atoms with van der Waals surface area (Å²) in [6, 6.07) is 12.6. The summed E-state index contributed by atoms with van der Waals surface area (Å²) in [4.78, 5) is 26.4. The molecule has 2 aliphatic rings. The zero-order valence-corrected chi connectivity index (χ0v) is 18.0. The first-order valence-corrected chi connectivity index (χ1v) is 11.6. The average molecular weight is 441 g/mol. The Balaban J connectivity index is 1.43. The highest BCUT2D eigenvalue weighted by atomic mass is 32.2. The van der Waals surface area contributed by atoms with Crippen LogP contribution in [-0.2, 0) is 14.8 Å². The van der Waals surface area contributed by atoms with E-state index in [9.17, 15) is 18.0 Å². The van der Waals surface area contributed by atoms with Gasteiger partial charge in [0.25, 0.3) is 15.9 Å². The highest BCUT2D eigenvalue weighted by Gasteiger charge is 2.29. The lowest BCUT2D eigenvalue weighted by molar-refractivity contribution is -0.117. The number of nitrogens with zero attached hydrogens (tertiary/aromatic N) is 2. The number of amides is 2. The number of hydrogen-bond acceptors (Lipinski definition) is 4. The maximum Gasteiger partial charge on any atom is 0.283 e. The number of anilines is 2. The molecule has 2 amide bonds. The Morgan fingerprint density at radius 3 is 2.42 bits per heavy atom. The normalized spacial score (nSPS) is 17.6. The molecule has 162 valence electrons. The molecule has 0 bridgehead atoms. The standard InChI is InChI=1S/C22H24N4O4S/c1-26-13-3-6-20(26)25-31(29,30)19-11-9-17(10-12-19)23-22(28)16-4-2-5-18(14-16)24-21(27)15-7-8-15/h2,4-5,9-12,14-15H,3,6-8,13H2,1H3,(H,23,28)(H,24,27)/b25-20+. The fraction of sp³-hybridized carbons (Fsp3) is 0.318. The minimum absolute atomic E-state index is 0.0262. The van der Waals surface area contributed by atoms with E-state index in [2.05, 4.69) is 15.0 Å². The number of likely N-dealkylation sites (tertiary alicyclic amines) is 1. The van der Waals surface area contributed by atoms with Gasteiger partial charge in [-0.15, -0.1) is 4.40 Å². The number of carbonyl (C=O) groups is 2. The zero-order chi connectivity index (χ0) is 22.0. The van der Waals surface area contributed by atoms with Crippen molar-refractivity contribution >= 4 is 39.0 Å². The summed E-state index contributed by atoms with van der Waals surface area (Å²) >= 11 is 0. The smallest absolute Gasteiger partial charge is 0.283 e. The Labute approximate surface area is 181 Å². The predicted octanol–water partition coefficient (Wildman–Crippen LogP) is 3.10. The molecule has 1 aliphatic carbocycles. The lowest BCUT2D eigenvalue weighted by Crippen LogP contribution is -2.20. The molecule has 0 radical (unpaired) electrons. The van der Waals surface area contributed by atoms with Gasteiger partial charge in [0.15, 0.2) is 0 Å². The van der Waals surface area contributed by atoms with Gasteiger partial charge in [-0.25, -0.2) is 0 Å². The number of amidine groups is 1. The largest absolute Gasteiger partial charge is 0.362 e. The zero-order valence-electron chi connectivity index (χ0n) is 17.2. The predicted molar refractivity (Wildman–Crippen MR) is 119 cm³/mol. The molecular formula is C22H24N4O4S. The number of rotatable bonds is 6. The highest BCUT2D eigenvalue weighted by Crippen LogP contribution is 2.30. The van der Waals surface area contributed by atoms with Crippen LogP contribution >= 0.6 is 0 Å². The van der Waals surface area contributed by atoms with Crippen LogP contribution in [0.5, 0.6) is 0 Å². The molecule has 1 heterocycles. The number of carbonyl (C=O) groups excluding carboxylic acids is 2. The second kappa shape index (κ2) is 8.50. The molecule has 0 unspecified atom stereocenters. The molecule has 4 rings (SSSR count). The Morgan fingerprint density at radius 2 is 1.77 bits per heavy atom. The van der Waals surface area contributed by atoms with Gasteiger partial charge in [0.05, 0.1) is 4.90 Å². The second-order valence-electron chi connectivity index (χ2n) is 7.83. The molecule has 2 aromatic rings. The summed E-state index contributed by atoms with van der Waals surface area (Å²) in [6.07, 6.45) is 3.34. The summed E-state index contributed by atoms with van der Waals surface area (Å²) in [5.41, 5.74) is 1.42. The molecule has 2 N–H and O–H groups in total. The van der Waals surface area contributed by atoms with E-state index < -0.39 is 10.0 Å². The number of nitrogens with one attached hydrogen (secondary N) is 2. The second-order valence-corrected chi connectivity index (χ2v) is 9.43. The van der Waals surface area contributed by atoms with Gasteiger partial charge in [0, 0.05) is 42.9 Å². The summed E-state index contributed by atoms with van der Waals surface area (Å²) in [6.45, 7) is 0.796. The van der Waals surface area contributed by atoms with E-state index in [-0.39, 0.29) is 22.6 Å². The third-order valence-electron chi connectivity index (χ3n) is 5.31. The molecule has 1 saturated carbocycles. The van der Waals surface area contributed by atoms with Crippen molar-refractivity contribution in [2.75, 3.05) is 24.2 Å². The molecule has 8 nitrogen and oxygen atoms in total. The minimum atomic E-state index is -3.80. The Kier molecular flexibility index (Phi) is 5.77. The van der Waals surface area contributed by atoms with E-state index in [0.717, 1.165) is 25.8 Å². The van der Waals surface area contributed by atoms with Crippen LogP contribution in [0.15, 0.2) is 57.8 Å². The van der Waals surface area contributed by atoms with Crippen molar-refractivity contribution in [2.45, 2.75) is 30.6 Å². The molecule has 9 heteroatoms. The molecular weight excluding hydrogens is 416 g/mol. The van der Waals surface area contributed by atoms with Crippen LogP contribution in [0, 0.1) is 5.92 Å². The van der Waals surface area contributed by atoms with Crippen LogP contribution in [0.3, 0.4) is 0 Å². The Morgan fingerprint density at radius 1 is 1.03 bits per heavy atom. The Hall–Kier alpha value is -3.20. The molecule has 1 aliphatic heterocycles. The average Bonchev–Trinajstić information content (AvgIpc) is 3.52.